The number of nitrogens with one attached hydrogen (secondary N) is 1. The molecule has 1 aliphatic rings. The quantitative estimate of drug-likeness (QED) is 0.260. The van der Waals surface area contributed by atoms with Crippen LogP contribution in [0.1, 0.15) is 27.7 Å². The van der Waals surface area contributed by atoms with Crippen LogP contribution in [0.15, 0.2) is 78.9 Å². The van der Waals surface area contributed by atoms with Gasteiger partial charge in [0.15, 0.2) is 5.75 Å². The number of halogens is 4. The Morgan fingerprint density at radius 1 is 0.946 bits per heavy atom. The van der Waals surface area contributed by atoms with Crippen LogP contribution in [0.3, 0.4) is 0 Å². The van der Waals surface area contributed by atoms with Crippen molar-refractivity contribution >= 4 is 52.1 Å². The van der Waals surface area contributed by atoms with E-state index in [4.69, 9.17) is 44.3 Å². The number of amides is 1. The number of rotatable bonds is 6. The molecule has 1 atom stereocenters. The van der Waals surface area contributed by atoms with Crippen molar-refractivity contribution in [2.75, 3.05) is 17.3 Å². The van der Waals surface area contributed by atoms with Crippen molar-refractivity contribution in [2.45, 2.75) is 12.8 Å². The van der Waals surface area contributed by atoms with E-state index in [2.05, 4.69) is 5.32 Å². The fraction of sp³-hybridized carbons (Fsp3) is 0.107. The average Bonchev–Trinajstić information content (AvgIpc) is 2.88. The first-order valence-corrected chi connectivity index (χ1v) is 12.4. The highest BCUT2D eigenvalue weighted by atomic mass is 35.5. The topological polar surface area (TPSA) is 50.8 Å². The summed E-state index contributed by atoms with van der Waals surface area (Å²) in [7, 11) is 1.55. The first kappa shape index (κ1) is 25.2. The number of fused-ring (bicyclic) bond motifs is 1. The number of para-hydroxylation sites is 2. The lowest BCUT2D eigenvalue weighted by Gasteiger charge is -2.38. The zero-order chi connectivity index (χ0) is 26.1. The van der Waals surface area contributed by atoms with E-state index in [0.29, 0.717) is 33.1 Å². The molecule has 0 saturated heterocycles. The number of anilines is 2. The van der Waals surface area contributed by atoms with Gasteiger partial charge in [0.2, 0.25) is 0 Å². The van der Waals surface area contributed by atoms with E-state index < -0.39 is 12.0 Å². The van der Waals surface area contributed by atoms with E-state index in [1.807, 2.05) is 24.3 Å². The Bertz CT molecular complexity index is 1470. The molecular formula is C28H20Cl3FN2O3. The molecule has 37 heavy (non-hydrogen) atoms. The molecule has 0 radical (unpaired) electrons. The van der Waals surface area contributed by atoms with Crippen molar-refractivity contribution in [3.63, 3.8) is 0 Å². The predicted octanol–water partition coefficient (Wildman–Crippen LogP) is 8.14. The second-order valence-electron chi connectivity index (χ2n) is 8.28. The molecule has 0 fully saturated rings. The number of carbonyl (C=O) groups excluding carboxylic acids is 1. The van der Waals surface area contributed by atoms with Crippen molar-refractivity contribution in [3.8, 4) is 11.5 Å². The molecule has 0 aliphatic carbocycles. The van der Waals surface area contributed by atoms with Gasteiger partial charge in [-0.25, -0.2) is 4.39 Å². The van der Waals surface area contributed by atoms with Crippen LogP contribution in [0, 0.1) is 5.82 Å². The number of ether oxygens (including phenoxy) is 2. The van der Waals surface area contributed by atoms with Gasteiger partial charge < -0.3 is 14.8 Å². The Hall–Kier alpha value is -3.45. The van der Waals surface area contributed by atoms with Crippen LogP contribution in [0.25, 0.3) is 0 Å². The largest absolute Gasteiger partial charge is 0.496 e. The number of hydrogen-bond donors (Lipinski definition) is 1. The van der Waals surface area contributed by atoms with Crippen LogP contribution in [-0.4, -0.2) is 13.0 Å². The second kappa shape index (κ2) is 10.5. The first-order valence-electron chi connectivity index (χ1n) is 11.2. The van der Waals surface area contributed by atoms with Crippen molar-refractivity contribution in [1.82, 2.24) is 0 Å². The van der Waals surface area contributed by atoms with Gasteiger partial charge in [-0.3, -0.25) is 9.69 Å². The Morgan fingerprint density at radius 2 is 1.65 bits per heavy atom. The van der Waals surface area contributed by atoms with Gasteiger partial charge in [0.25, 0.3) is 5.91 Å². The minimum absolute atomic E-state index is 0.0645. The summed E-state index contributed by atoms with van der Waals surface area (Å²) < 4.78 is 26.4. The molecule has 1 amide bonds. The van der Waals surface area contributed by atoms with Crippen molar-refractivity contribution in [1.29, 1.82) is 0 Å². The van der Waals surface area contributed by atoms with Gasteiger partial charge in [-0.2, -0.15) is 0 Å². The molecule has 5 rings (SSSR count). The molecule has 1 N–H and O–H groups in total. The van der Waals surface area contributed by atoms with Crippen molar-refractivity contribution in [2.24, 2.45) is 0 Å². The Kier molecular flexibility index (Phi) is 7.15. The highest BCUT2D eigenvalue weighted by Crippen LogP contribution is 2.40. The molecule has 4 aromatic rings. The van der Waals surface area contributed by atoms with Gasteiger partial charge in [-0.15, -0.1) is 0 Å². The minimum atomic E-state index is -0.702. The Labute approximate surface area is 228 Å². The summed E-state index contributed by atoms with van der Waals surface area (Å²) in [6, 6.07) is 21.8. The van der Waals surface area contributed by atoms with Crippen molar-refractivity contribution in [3.05, 3.63) is 116 Å². The van der Waals surface area contributed by atoms with E-state index in [-0.39, 0.29) is 34.0 Å². The summed E-state index contributed by atoms with van der Waals surface area (Å²) in [6.45, 7) is 0.0645. The van der Waals surface area contributed by atoms with E-state index in [9.17, 15) is 9.18 Å². The molecule has 4 aromatic carbocycles. The Balaban J connectivity index is 1.55. The lowest BCUT2D eigenvalue weighted by Crippen LogP contribution is -2.43. The fourth-order valence-electron chi connectivity index (χ4n) is 4.28. The molecule has 188 valence electrons. The maximum Gasteiger partial charge on any atom is 0.262 e. The lowest BCUT2D eigenvalue weighted by molar-refractivity contribution is 0.0974. The smallest absolute Gasteiger partial charge is 0.262 e. The molecule has 0 unspecified atom stereocenters. The van der Waals surface area contributed by atoms with Crippen LogP contribution in [-0.2, 0) is 6.61 Å². The third-order valence-corrected chi connectivity index (χ3v) is 6.77. The third-order valence-electron chi connectivity index (χ3n) is 5.99. The van der Waals surface area contributed by atoms with Crippen LogP contribution >= 0.6 is 34.8 Å². The SMILES string of the molecule is COc1ccc([C@@H]2Nc3ccccc3C(=O)N2c2ccccc2F)cc1COc1c(Cl)cc(Cl)cc1Cl. The van der Waals surface area contributed by atoms with Crippen LogP contribution in [0.2, 0.25) is 15.1 Å². The normalized spacial score (nSPS) is 14.7. The zero-order valence-corrected chi connectivity index (χ0v) is 21.7. The molecule has 0 aromatic heterocycles. The standard InChI is InChI=1S/C28H20Cl3FN2O3/c1-36-25-11-10-16(12-17(25)15-37-26-20(30)13-18(29)14-21(26)31)27-33-23-8-4-2-6-19(23)28(35)34(27)24-9-5-3-7-22(24)32/h2-14,27,33H,15H2,1H3/t27-/m1/s1. The minimum Gasteiger partial charge on any atom is -0.496 e. The fourth-order valence-corrected chi connectivity index (χ4v) is 5.21. The number of hydrogen-bond acceptors (Lipinski definition) is 4. The summed E-state index contributed by atoms with van der Waals surface area (Å²) in [5.74, 6) is 0.0157. The summed E-state index contributed by atoms with van der Waals surface area (Å²) >= 11 is 18.6. The molecule has 1 heterocycles. The van der Waals surface area contributed by atoms with E-state index >= 15 is 0 Å². The second-order valence-corrected chi connectivity index (χ2v) is 9.53. The lowest BCUT2D eigenvalue weighted by atomic mass is 10.0. The molecule has 1 aliphatic heterocycles. The number of carbonyl (C=O) groups is 1. The maximum absolute atomic E-state index is 14.9. The van der Waals surface area contributed by atoms with Gasteiger partial charge in [-0.1, -0.05) is 65.1 Å². The predicted molar refractivity (Wildman–Crippen MR) is 145 cm³/mol. The molecule has 0 saturated carbocycles. The molecule has 5 nitrogen and oxygen atoms in total. The van der Waals surface area contributed by atoms with E-state index in [1.54, 1.807) is 55.6 Å². The summed E-state index contributed by atoms with van der Waals surface area (Å²) in [4.78, 5) is 15.0. The van der Waals surface area contributed by atoms with E-state index in [0.717, 1.165) is 0 Å². The number of methoxy groups -OCH3 is 1. The van der Waals surface area contributed by atoms with Crippen LogP contribution in [0.4, 0.5) is 15.8 Å². The maximum atomic E-state index is 14.9. The van der Waals surface area contributed by atoms with Gasteiger partial charge in [-0.05, 0) is 54.1 Å². The van der Waals surface area contributed by atoms with Gasteiger partial charge in [0, 0.05) is 16.3 Å². The number of nitrogens with zero attached hydrogens (tertiary/aromatic N) is 1. The van der Waals surface area contributed by atoms with Gasteiger partial charge in [0.1, 0.15) is 24.3 Å². The van der Waals surface area contributed by atoms with Crippen LogP contribution < -0.4 is 19.7 Å². The average molecular weight is 558 g/mol. The molecular weight excluding hydrogens is 538 g/mol. The Morgan fingerprint density at radius 3 is 2.38 bits per heavy atom. The molecule has 9 heteroatoms. The molecule has 0 spiro atoms. The monoisotopic (exact) mass is 556 g/mol. The summed E-state index contributed by atoms with van der Waals surface area (Å²) in [5.41, 5.74) is 2.62. The van der Waals surface area contributed by atoms with Crippen molar-refractivity contribution < 1.29 is 18.7 Å². The highest BCUT2D eigenvalue weighted by molar-refractivity contribution is 6.40. The highest BCUT2D eigenvalue weighted by Gasteiger charge is 2.35. The molecule has 0 bridgehead atoms. The zero-order valence-electron chi connectivity index (χ0n) is 19.5. The van der Waals surface area contributed by atoms with Gasteiger partial charge >= 0.3 is 0 Å². The van der Waals surface area contributed by atoms with Gasteiger partial charge in [0.05, 0.1) is 28.4 Å². The third kappa shape index (κ3) is 4.92. The summed E-state index contributed by atoms with van der Waals surface area (Å²) in [5, 5.41) is 4.32. The van der Waals surface area contributed by atoms with E-state index in [1.165, 1.54) is 11.0 Å². The van der Waals surface area contributed by atoms with Crippen LogP contribution in [0.5, 0.6) is 11.5 Å². The number of benzene rings is 4. The summed E-state index contributed by atoms with van der Waals surface area (Å²) in [6.07, 6.45) is -0.702. The first-order chi connectivity index (χ1) is 17.9.